The van der Waals surface area contributed by atoms with Gasteiger partial charge in [-0.3, -0.25) is 4.90 Å². The van der Waals surface area contributed by atoms with Crippen LogP contribution in [-0.4, -0.2) is 97.1 Å². The topological polar surface area (TPSA) is 142 Å². The van der Waals surface area contributed by atoms with Gasteiger partial charge in [0.25, 0.3) is 6.43 Å². The number of carbonyl (C=O) groups is 1. The Morgan fingerprint density at radius 3 is 2.75 bits per heavy atom. The zero-order valence-corrected chi connectivity index (χ0v) is 32.3. The predicted molar refractivity (Wildman–Crippen MR) is 203 cm³/mol. The lowest BCUT2D eigenvalue weighted by atomic mass is 9.88. The molecular weight excluding hydrogens is 791 g/mol. The van der Waals surface area contributed by atoms with Gasteiger partial charge in [-0.15, -0.1) is 16.4 Å². The van der Waals surface area contributed by atoms with E-state index in [4.69, 9.17) is 27.1 Å². The Labute approximate surface area is 332 Å². The molecule has 12 nitrogen and oxygen atoms in total. The normalized spacial score (nSPS) is 24.7. The number of nitrogens with two attached hydrogens (primary N) is 1. The van der Waals surface area contributed by atoms with Crippen LogP contribution < -0.4 is 15.4 Å². The average Bonchev–Trinajstić information content (AvgIpc) is 4.01. The zero-order valence-electron chi connectivity index (χ0n) is 30.7. The second-order valence-electron chi connectivity index (χ2n) is 15.6. The maximum Gasteiger partial charge on any atom is 0.346 e. The molecule has 4 saturated heterocycles. The Kier molecular flexibility index (Phi) is 9.20. The lowest BCUT2D eigenvalue weighted by molar-refractivity contribution is 0.107. The van der Waals surface area contributed by atoms with Crippen molar-refractivity contribution in [3.63, 3.8) is 0 Å². The van der Waals surface area contributed by atoms with Gasteiger partial charge in [0.2, 0.25) is 5.82 Å². The molecule has 2 N–H and O–H groups in total. The number of likely N-dealkylation sites (tertiary alicyclic amines) is 1. The van der Waals surface area contributed by atoms with E-state index in [-0.39, 0.29) is 97.2 Å². The van der Waals surface area contributed by atoms with Crippen LogP contribution in [0.2, 0.25) is 5.02 Å². The summed E-state index contributed by atoms with van der Waals surface area (Å²) >= 11 is 7.82. The smallest absolute Gasteiger partial charge is 0.346 e. The van der Waals surface area contributed by atoms with Crippen molar-refractivity contribution in [2.45, 2.75) is 69.8 Å². The number of aromatic nitrogens is 5. The minimum Gasteiger partial charge on any atom is -0.461 e. The summed E-state index contributed by atoms with van der Waals surface area (Å²) in [6.07, 6.45) is -0.477. The highest BCUT2D eigenvalue weighted by Crippen LogP contribution is 2.48. The van der Waals surface area contributed by atoms with Gasteiger partial charge in [0.15, 0.2) is 5.82 Å². The number of rotatable bonds is 7. The number of hydrogen-bond donors (Lipinski definition) is 1. The largest absolute Gasteiger partial charge is 0.461 e. The summed E-state index contributed by atoms with van der Waals surface area (Å²) < 4.78 is 81.0. The molecule has 4 fully saturated rings. The number of anilines is 2. The van der Waals surface area contributed by atoms with Crippen LogP contribution in [-0.2, 0) is 0 Å². The highest BCUT2D eigenvalue weighted by Gasteiger charge is 2.52. The van der Waals surface area contributed by atoms with Crippen molar-refractivity contribution >= 4 is 60.8 Å². The summed E-state index contributed by atoms with van der Waals surface area (Å²) in [5.41, 5.74) is 5.41. The number of nitriles is 1. The number of halogens is 6. The maximum atomic E-state index is 17.4. The number of nitrogens with zero attached hydrogens (tertiary/aromatic N) is 9. The molecule has 0 spiro atoms. The molecule has 3 unspecified atom stereocenters. The zero-order chi connectivity index (χ0) is 40.1. The first-order valence-electron chi connectivity index (χ1n) is 18.7. The Morgan fingerprint density at radius 1 is 1.21 bits per heavy atom. The number of amides is 1. The minimum atomic E-state index is -2.95. The number of fused-ring (bicyclic) bond motifs is 4. The predicted octanol–water partition coefficient (Wildman–Crippen LogP) is 7.58. The maximum absolute atomic E-state index is 17.4. The Bertz CT molecular complexity index is 2490. The second-order valence-corrected chi connectivity index (χ2v) is 17.1. The van der Waals surface area contributed by atoms with Gasteiger partial charge in [-0.1, -0.05) is 31.5 Å². The molecule has 9 rings (SSSR count). The van der Waals surface area contributed by atoms with E-state index in [1.54, 1.807) is 4.90 Å². The summed E-state index contributed by atoms with van der Waals surface area (Å²) in [7, 11) is 0. The molecular formula is C38H36ClF5N10O2S. The Hall–Kier alpha value is -4.86. The minimum absolute atomic E-state index is 0.00459. The van der Waals surface area contributed by atoms with Gasteiger partial charge in [-0.25, -0.2) is 31.7 Å². The van der Waals surface area contributed by atoms with Gasteiger partial charge in [0, 0.05) is 54.4 Å². The first kappa shape index (κ1) is 37.7. The van der Waals surface area contributed by atoms with Crippen LogP contribution in [0, 0.1) is 34.8 Å². The van der Waals surface area contributed by atoms with Gasteiger partial charge in [-0.2, -0.15) is 19.9 Å². The number of alkyl halides is 3. The number of hydrogen-bond acceptors (Lipinski definition) is 11. The highest BCUT2D eigenvalue weighted by molar-refractivity contribution is 7.23. The first-order chi connectivity index (χ1) is 27.3. The Balaban J connectivity index is 1.17. The van der Waals surface area contributed by atoms with E-state index in [0.29, 0.717) is 31.7 Å². The van der Waals surface area contributed by atoms with Crippen LogP contribution in [0.25, 0.3) is 32.1 Å². The summed E-state index contributed by atoms with van der Waals surface area (Å²) in [6.45, 7) is 5.70. The van der Waals surface area contributed by atoms with Crippen molar-refractivity contribution in [3.8, 4) is 23.2 Å². The number of thiophene rings is 1. The quantitative estimate of drug-likeness (QED) is 0.163. The number of carbonyl (C=O) groups excluding carboxylic acids is 1. The molecule has 19 heteroatoms. The molecule has 0 radical (unpaired) electrons. The molecule has 5 atom stereocenters. The van der Waals surface area contributed by atoms with E-state index in [1.165, 1.54) is 12.1 Å². The summed E-state index contributed by atoms with van der Waals surface area (Å²) in [5, 5.41) is 14.1. The van der Waals surface area contributed by atoms with E-state index in [9.17, 15) is 23.2 Å². The fourth-order valence-corrected chi connectivity index (χ4v) is 11.1. The standard InChI is InChI=1S/C38H36ClF5N10O2S/c1-17(2)30-19-6-9-52(25(19)14-53(30)37(55)54-16-47-34(50-54)32(43)44)35-21-10-23(39)27(20-4-5-24(41)31-26(20)22(12-45)33(46)57-31)28(42)29(21)48-36(49-35)56-15-38-7-3-8-51(38)13-18(40)11-38/h4-5,10,16-19,25,30,32H,3,6-9,11,13-15,46H2,1-2H3/t18-,19?,25?,30?,38+/m1/s1. The van der Waals surface area contributed by atoms with Crippen LogP contribution in [0.4, 0.5) is 37.6 Å². The molecule has 4 aliphatic rings. The van der Waals surface area contributed by atoms with E-state index in [2.05, 4.69) is 20.0 Å². The third-order valence-corrected chi connectivity index (χ3v) is 13.5. The number of nitrogen functional groups attached to an aromatic ring is 1. The van der Waals surface area contributed by atoms with Crippen molar-refractivity contribution < 1.29 is 31.5 Å². The van der Waals surface area contributed by atoms with Crippen LogP contribution in [0.1, 0.15) is 57.3 Å². The molecule has 3 aromatic heterocycles. The molecule has 7 heterocycles. The van der Waals surface area contributed by atoms with Crippen LogP contribution in [0.5, 0.6) is 6.01 Å². The van der Waals surface area contributed by atoms with E-state index in [0.717, 1.165) is 41.4 Å². The van der Waals surface area contributed by atoms with Crippen molar-refractivity contribution in [2.75, 3.05) is 43.4 Å². The third kappa shape index (κ3) is 5.94. The van der Waals surface area contributed by atoms with Gasteiger partial charge in [0.05, 0.1) is 26.9 Å². The molecule has 4 aliphatic heterocycles. The monoisotopic (exact) mass is 826 g/mol. The van der Waals surface area contributed by atoms with Crippen LogP contribution >= 0.6 is 22.9 Å². The molecule has 2 aromatic carbocycles. The molecule has 5 aromatic rings. The van der Waals surface area contributed by atoms with E-state index >= 15 is 8.78 Å². The average molecular weight is 827 g/mol. The number of benzene rings is 2. The molecule has 57 heavy (non-hydrogen) atoms. The van der Waals surface area contributed by atoms with Gasteiger partial charge in [-0.05, 0) is 49.4 Å². The summed E-state index contributed by atoms with van der Waals surface area (Å²) in [5.74, 6) is -2.07. The second kappa shape index (κ2) is 13.9. The van der Waals surface area contributed by atoms with Gasteiger partial charge in [0.1, 0.15) is 47.3 Å². The van der Waals surface area contributed by atoms with Crippen molar-refractivity contribution in [1.29, 1.82) is 5.26 Å². The highest BCUT2D eigenvalue weighted by atomic mass is 35.5. The van der Waals surface area contributed by atoms with Crippen molar-refractivity contribution in [3.05, 3.63) is 52.6 Å². The van der Waals surface area contributed by atoms with Crippen molar-refractivity contribution in [2.24, 2.45) is 11.8 Å². The molecule has 1 amide bonds. The van der Waals surface area contributed by atoms with Gasteiger partial charge >= 0.3 is 12.0 Å². The van der Waals surface area contributed by atoms with Crippen molar-refractivity contribution in [1.82, 2.24) is 34.5 Å². The fourth-order valence-electron chi connectivity index (χ4n) is 9.83. The fraction of sp³-hybridized carbons (Fsp3) is 0.474. The van der Waals surface area contributed by atoms with Gasteiger partial charge < -0.3 is 20.3 Å². The van der Waals surface area contributed by atoms with Crippen LogP contribution in [0.15, 0.2) is 24.5 Å². The van der Waals surface area contributed by atoms with Crippen LogP contribution in [0.3, 0.4) is 0 Å². The summed E-state index contributed by atoms with van der Waals surface area (Å²) in [4.78, 5) is 32.5. The molecule has 0 bridgehead atoms. The third-order valence-electron chi connectivity index (χ3n) is 12.2. The SMILES string of the molecule is CC(C)C1C2CCN(c3nc(OC[C@@]45CCCN4C[C@H](F)C5)nc4c(F)c(-c5ccc(F)c6sc(N)c(C#N)c56)c(Cl)cc34)C2CN1C(=O)n1cnc(C(F)F)n1. The lowest BCUT2D eigenvalue weighted by Gasteiger charge is -2.31. The lowest BCUT2D eigenvalue weighted by Crippen LogP contribution is -2.44. The molecule has 0 aliphatic carbocycles. The number of ether oxygens (including phenoxy) is 1. The Morgan fingerprint density at radius 2 is 2.02 bits per heavy atom. The molecule has 298 valence electrons. The van der Waals surface area contributed by atoms with E-state index < -0.39 is 41.6 Å². The first-order valence-corrected chi connectivity index (χ1v) is 19.9. The van der Waals surface area contributed by atoms with E-state index in [1.807, 2.05) is 24.8 Å². The summed E-state index contributed by atoms with van der Waals surface area (Å²) in [6, 6.07) is 4.65. The molecule has 0 saturated carbocycles.